The highest BCUT2D eigenvalue weighted by Gasteiger charge is 2.31. The Morgan fingerprint density at radius 2 is 0.947 bits per heavy atom. The Morgan fingerprint density at radius 3 is 1.11 bits per heavy atom. The van der Waals surface area contributed by atoms with Gasteiger partial charge in [0.15, 0.2) is 0 Å². The largest absolute Gasteiger partial charge is 0.537 e. The van der Waals surface area contributed by atoms with E-state index in [0.29, 0.717) is 0 Å². The minimum Gasteiger partial charge on any atom is -0.374 e. The minimum absolute atomic E-state index is 0.746. The van der Waals surface area contributed by atoms with Gasteiger partial charge in [0.2, 0.25) is 0 Å². The van der Waals surface area contributed by atoms with Gasteiger partial charge in [0.1, 0.15) is 0 Å². The molecular formula is C9H15O6PS3. The van der Waals surface area contributed by atoms with Crippen molar-refractivity contribution >= 4 is 64.4 Å². The molecule has 0 amide bonds. The van der Waals surface area contributed by atoms with Gasteiger partial charge >= 0.3 is 26.5 Å². The van der Waals surface area contributed by atoms with Crippen LogP contribution in [0.2, 0.25) is 0 Å². The van der Waals surface area contributed by atoms with Gasteiger partial charge in [-0.3, -0.25) is 14.4 Å². The molecule has 0 saturated carbocycles. The second-order valence-electron chi connectivity index (χ2n) is 3.48. The summed E-state index contributed by atoms with van der Waals surface area (Å²) < 4.78 is 14.2. The number of carbonyl (C=O) groups is 3. The van der Waals surface area contributed by atoms with Crippen LogP contribution in [0.25, 0.3) is 0 Å². The predicted molar refractivity (Wildman–Crippen MR) is 80.5 cm³/mol. The molecular weight excluding hydrogens is 331 g/mol. The number of carbonyl (C=O) groups excluding carboxylic acids is 3. The molecule has 0 aliphatic rings. The predicted octanol–water partition coefficient (Wildman–Crippen LogP) is 1.80. The van der Waals surface area contributed by atoms with Crippen LogP contribution in [0, 0.1) is 0 Å². The molecule has 0 aliphatic carbocycles. The molecule has 0 aromatic carbocycles. The van der Waals surface area contributed by atoms with Crippen LogP contribution in [0.5, 0.6) is 0 Å². The lowest BCUT2D eigenvalue weighted by Gasteiger charge is -2.17. The van der Waals surface area contributed by atoms with Crippen LogP contribution >= 0.6 is 46.5 Å². The molecule has 6 nitrogen and oxygen atoms in total. The van der Waals surface area contributed by atoms with E-state index in [4.69, 9.17) is 13.6 Å². The van der Waals surface area contributed by atoms with Crippen molar-refractivity contribution in [1.82, 2.24) is 0 Å². The van der Waals surface area contributed by atoms with Crippen LogP contribution in [-0.4, -0.2) is 33.7 Å². The zero-order valence-electron chi connectivity index (χ0n) is 10.5. The van der Waals surface area contributed by atoms with Crippen molar-refractivity contribution in [3.05, 3.63) is 0 Å². The van der Waals surface area contributed by atoms with E-state index >= 15 is 0 Å². The Bertz CT molecular complexity index is 295. The summed E-state index contributed by atoms with van der Waals surface area (Å²) in [5.74, 6) is -2.31. The highest BCUT2D eigenvalue weighted by atomic mass is 32.1. The van der Waals surface area contributed by atoms with Crippen molar-refractivity contribution in [2.24, 2.45) is 0 Å². The Balaban J connectivity index is 4.68. The van der Waals surface area contributed by atoms with Gasteiger partial charge < -0.3 is 13.6 Å². The van der Waals surface area contributed by atoms with Gasteiger partial charge in [-0.15, -0.1) is 0 Å². The smallest absolute Gasteiger partial charge is 0.374 e. The molecule has 0 radical (unpaired) electrons. The Morgan fingerprint density at radius 1 is 0.737 bits per heavy atom. The van der Waals surface area contributed by atoms with Gasteiger partial charge in [-0.25, -0.2) is 0 Å². The van der Waals surface area contributed by atoms with Crippen molar-refractivity contribution < 1.29 is 28.0 Å². The molecule has 3 unspecified atom stereocenters. The molecule has 3 atom stereocenters. The Hall–Kier alpha value is -0.110. The van der Waals surface area contributed by atoms with E-state index in [-0.39, 0.29) is 0 Å². The van der Waals surface area contributed by atoms with Crippen molar-refractivity contribution in [1.29, 1.82) is 0 Å². The topological polar surface area (TPSA) is 78.9 Å². The summed E-state index contributed by atoms with van der Waals surface area (Å²) >= 11 is 11.6. The average molecular weight is 346 g/mol. The van der Waals surface area contributed by atoms with Crippen LogP contribution in [0.3, 0.4) is 0 Å². The number of hydrogen-bond donors (Lipinski definition) is 3. The van der Waals surface area contributed by atoms with Crippen LogP contribution in [-0.2, 0) is 28.0 Å². The molecule has 0 N–H and O–H groups in total. The molecule has 0 rings (SSSR count). The van der Waals surface area contributed by atoms with Gasteiger partial charge in [-0.2, -0.15) is 37.9 Å². The summed E-state index contributed by atoms with van der Waals surface area (Å²) in [6.45, 7) is 4.39. The third-order valence-electron chi connectivity index (χ3n) is 1.52. The third kappa shape index (κ3) is 7.91. The normalized spacial score (nSPS) is 16.7. The fourth-order valence-corrected chi connectivity index (χ4v) is 1.94. The van der Waals surface area contributed by atoms with Crippen LogP contribution in [0.1, 0.15) is 20.8 Å². The lowest BCUT2D eigenvalue weighted by Crippen LogP contribution is -2.20. The average Bonchev–Trinajstić information content (AvgIpc) is 2.27. The summed E-state index contributed by atoms with van der Waals surface area (Å²) in [6, 6.07) is 0. The first-order chi connectivity index (χ1) is 8.65. The molecule has 19 heavy (non-hydrogen) atoms. The van der Waals surface area contributed by atoms with E-state index in [1.165, 1.54) is 20.8 Å². The molecule has 0 fully saturated rings. The maximum Gasteiger partial charge on any atom is 0.537 e. The highest BCUT2D eigenvalue weighted by molar-refractivity contribution is 7.82. The minimum atomic E-state index is -2.47. The fraction of sp³-hybridized carbons (Fsp3) is 0.667. The number of hydrogen-bond acceptors (Lipinski definition) is 9. The van der Waals surface area contributed by atoms with Gasteiger partial charge in [-0.1, -0.05) is 0 Å². The molecule has 0 saturated heterocycles. The van der Waals surface area contributed by atoms with Crippen molar-refractivity contribution in [3.8, 4) is 0 Å². The lowest BCUT2D eigenvalue weighted by atomic mass is 10.5. The van der Waals surface area contributed by atoms with Gasteiger partial charge in [0.05, 0.1) is 15.7 Å². The van der Waals surface area contributed by atoms with Crippen LogP contribution < -0.4 is 0 Å². The first-order valence-corrected chi connectivity index (χ1v) is 7.79. The van der Waals surface area contributed by atoms with Crippen molar-refractivity contribution in [2.75, 3.05) is 0 Å². The summed E-state index contributed by atoms with van der Waals surface area (Å²) in [5.41, 5.74) is 0. The first-order valence-electron chi connectivity index (χ1n) is 5.15. The second kappa shape index (κ2) is 8.94. The summed E-state index contributed by atoms with van der Waals surface area (Å²) in [4.78, 5) is 34.1. The maximum absolute atomic E-state index is 11.4. The maximum atomic E-state index is 11.4. The fourth-order valence-electron chi connectivity index (χ4n) is 0.505. The van der Waals surface area contributed by atoms with E-state index in [1.54, 1.807) is 0 Å². The molecule has 0 aliphatic heterocycles. The van der Waals surface area contributed by atoms with Crippen LogP contribution in [0.15, 0.2) is 0 Å². The number of rotatable bonds is 6. The SMILES string of the molecule is CC(S)C(=O)OP(OC(=O)C(C)S)OC(=O)C(C)S. The van der Waals surface area contributed by atoms with E-state index < -0.39 is 42.3 Å². The van der Waals surface area contributed by atoms with Gasteiger partial charge in [-0.05, 0) is 20.8 Å². The Labute approximate surface area is 129 Å². The van der Waals surface area contributed by atoms with Crippen LogP contribution in [0.4, 0.5) is 0 Å². The van der Waals surface area contributed by atoms with Gasteiger partial charge in [0, 0.05) is 0 Å². The second-order valence-corrected chi connectivity index (χ2v) is 6.80. The monoisotopic (exact) mass is 346 g/mol. The zero-order chi connectivity index (χ0) is 15.2. The third-order valence-corrected chi connectivity index (χ3v) is 3.14. The van der Waals surface area contributed by atoms with Crippen molar-refractivity contribution in [2.45, 2.75) is 36.5 Å². The number of thiol groups is 3. The summed E-state index contributed by atoms with van der Waals surface area (Å²) in [7, 11) is -2.47. The molecule has 10 heteroatoms. The Kier molecular flexibility index (Phi) is 8.89. The molecule has 0 spiro atoms. The van der Waals surface area contributed by atoms with E-state index in [0.717, 1.165) is 0 Å². The molecule has 0 heterocycles. The van der Waals surface area contributed by atoms with E-state index in [9.17, 15) is 14.4 Å². The first kappa shape index (κ1) is 18.9. The van der Waals surface area contributed by atoms with Gasteiger partial charge in [0.25, 0.3) is 0 Å². The molecule has 0 aromatic heterocycles. The summed E-state index contributed by atoms with van der Waals surface area (Å²) in [6.07, 6.45) is 0. The standard InChI is InChI=1S/C9H15O6PS3/c1-4(17)7(10)13-16(14-8(11)5(2)18)15-9(12)6(3)19/h4-6,17-19H,1-3H3. The summed E-state index contributed by atoms with van der Waals surface area (Å²) in [5, 5.41) is -2.24. The molecule has 0 bridgehead atoms. The molecule has 110 valence electrons. The highest BCUT2D eigenvalue weighted by Crippen LogP contribution is 2.41. The quantitative estimate of drug-likeness (QED) is 0.503. The van der Waals surface area contributed by atoms with E-state index in [2.05, 4.69) is 37.9 Å². The lowest BCUT2D eigenvalue weighted by molar-refractivity contribution is -0.141. The van der Waals surface area contributed by atoms with Crippen molar-refractivity contribution in [3.63, 3.8) is 0 Å². The zero-order valence-corrected chi connectivity index (χ0v) is 14.0. The molecule has 0 aromatic rings. The van der Waals surface area contributed by atoms with E-state index in [1.807, 2.05) is 0 Å².